The zero-order valence-corrected chi connectivity index (χ0v) is 14.9. The first kappa shape index (κ1) is 17.7. The molecule has 0 amide bonds. The predicted octanol–water partition coefficient (Wildman–Crippen LogP) is 2.85. The number of hydrogen-bond donors (Lipinski definition) is 2. The molecule has 0 bridgehead atoms. The monoisotopic (exact) mass is 326 g/mol. The number of aliphatic hydroxyl groups excluding tert-OH is 1. The molecule has 0 spiro atoms. The lowest BCUT2D eigenvalue weighted by molar-refractivity contribution is 0.203. The third kappa shape index (κ3) is 3.63. The van der Waals surface area contributed by atoms with Crippen molar-refractivity contribution in [1.29, 1.82) is 0 Å². The lowest BCUT2D eigenvalue weighted by Gasteiger charge is -2.41. The van der Waals surface area contributed by atoms with Gasteiger partial charge in [0.05, 0.1) is 6.10 Å². The summed E-state index contributed by atoms with van der Waals surface area (Å²) in [6.07, 6.45) is 2.36. The molecule has 2 nitrogen and oxygen atoms in total. The molecule has 23 heavy (non-hydrogen) atoms. The van der Waals surface area contributed by atoms with Gasteiger partial charge in [0.25, 0.3) is 8.32 Å². The van der Waals surface area contributed by atoms with Gasteiger partial charge in [0.2, 0.25) is 0 Å². The zero-order valence-electron chi connectivity index (χ0n) is 13.9. The highest BCUT2D eigenvalue weighted by molar-refractivity contribution is 6.98. The Bertz CT molecular complexity index is 583. The summed E-state index contributed by atoms with van der Waals surface area (Å²) in [5.74, 6) is 0. The van der Waals surface area contributed by atoms with E-state index in [9.17, 15) is 9.90 Å². The summed E-state index contributed by atoms with van der Waals surface area (Å²) in [6, 6.07) is 19.9. The topological polar surface area (TPSA) is 40.5 Å². The molecule has 0 aliphatic heterocycles. The average molecular weight is 327 g/mol. The Morgan fingerprint density at radius 3 is 1.83 bits per heavy atom. The highest BCUT2D eigenvalue weighted by Gasteiger charge is 2.49. The summed E-state index contributed by atoms with van der Waals surface area (Å²) in [7, 11) is -2.95. The largest absolute Gasteiger partial charge is 0.424 e. The van der Waals surface area contributed by atoms with Crippen LogP contribution >= 0.6 is 0 Å². The number of rotatable bonds is 7. The Morgan fingerprint density at radius 1 is 1.00 bits per heavy atom. The smallest absolute Gasteiger partial charge is 0.258 e. The van der Waals surface area contributed by atoms with Crippen molar-refractivity contribution in [1.82, 2.24) is 0 Å². The van der Waals surface area contributed by atoms with Crippen LogP contribution in [0.25, 0.3) is 0 Å². The summed E-state index contributed by atoms with van der Waals surface area (Å²) < 4.78 is 0. The quantitative estimate of drug-likeness (QED) is 0.607. The fourth-order valence-corrected chi connectivity index (χ4v) is 6.87. The summed E-state index contributed by atoms with van der Waals surface area (Å²) in [5.41, 5.74) is 0. The van der Waals surface area contributed by atoms with E-state index in [1.165, 1.54) is 0 Å². The van der Waals surface area contributed by atoms with Gasteiger partial charge in [-0.2, -0.15) is 0 Å². The van der Waals surface area contributed by atoms with Crippen LogP contribution in [0.15, 0.2) is 73.3 Å². The van der Waals surface area contributed by atoms with Crippen molar-refractivity contribution in [2.75, 3.05) is 0 Å². The van der Waals surface area contributed by atoms with Gasteiger partial charge in [0, 0.05) is 0 Å². The first-order chi connectivity index (χ1) is 10.9. The minimum absolute atomic E-state index is 0.320. The molecule has 2 rings (SSSR count). The van der Waals surface area contributed by atoms with Crippen molar-refractivity contribution < 1.29 is 9.90 Å². The van der Waals surface area contributed by atoms with Gasteiger partial charge >= 0.3 is 0 Å². The molecule has 0 saturated carbocycles. The van der Waals surface area contributed by atoms with Crippen molar-refractivity contribution >= 4 is 18.7 Å². The Kier molecular flexibility index (Phi) is 5.58. The zero-order chi connectivity index (χ0) is 16.9. The van der Waals surface area contributed by atoms with Gasteiger partial charge in [-0.1, -0.05) is 80.6 Å². The van der Waals surface area contributed by atoms with Crippen molar-refractivity contribution in [2.45, 2.75) is 37.8 Å². The fourth-order valence-electron chi connectivity index (χ4n) is 3.11. The first-order valence-electron chi connectivity index (χ1n) is 8.06. The Labute approximate surface area is 140 Å². The van der Waals surface area contributed by atoms with E-state index < -0.39 is 14.4 Å². The van der Waals surface area contributed by atoms with E-state index in [0.29, 0.717) is 6.42 Å². The average Bonchev–Trinajstić information content (AvgIpc) is 2.60. The van der Waals surface area contributed by atoms with E-state index in [1.54, 1.807) is 6.08 Å². The normalized spacial score (nSPS) is 13.6. The van der Waals surface area contributed by atoms with Crippen molar-refractivity contribution in [3.8, 4) is 0 Å². The first-order valence-corrected chi connectivity index (χ1v) is 10.0. The molecule has 2 aromatic rings. The molecule has 3 heteroatoms. The fraction of sp³-hybridized carbons (Fsp3) is 0.300. The van der Waals surface area contributed by atoms with Gasteiger partial charge in [0.15, 0.2) is 0 Å². The highest BCUT2D eigenvalue weighted by atomic mass is 28.4. The lowest BCUT2D eigenvalue weighted by atomic mass is 10.0. The maximum Gasteiger partial charge on any atom is 0.258 e. The van der Waals surface area contributed by atoms with Crippen LogP contribution in [-0.2, 0) is 0 Å². The van der Waals surface area contributed by atoms with Crippen LogP contribution in [0.4, 0.5) is 0 Å². The van der Waals surface area contributed by atoms with Crippen LogP contribution in [0.5, 0.6) is 0 Å². The molecule has 0 saturated heterocycles. The van der Waals surface area contributed by atoms with Gasteiger partial charge in [0.1, 0.15) is 0 Å². The second-order valence-corrected chi connectivity index (χ2v) is 10.6. The molecule has 0 aliphatic rings. The molecule has 0 heterocycles. The molecule has 1 atom stereocenters. The molecular formula is C20H26O2Si. The molecular weight excluding hydrogens is 300 g/mol. The van der Waals surface area contributed by atoms with Crippen LogP contribution in [0, 0.1) is 0 Å². The van der Waals surface area contributed by atoms with Crippen LogP contribution in [0.2, 0.25) is 5.04 Å². The Balaban J connectivity index is 2.48. The maximum atomic E-state index is 11.9. The molecule has 2 N–H and O–H groups in total. The van der Waals surface area contributed by atoms with Crippen molar-refractivity contribution in [3.05, 3.63) is 73.3 Å². The third-order valence-electron chi connectivity index (χ3n) is 4.70. The summed E-state index contributed by atoms with van der Waals surface area (Å²) in [6.45, 7) is 7.85. The van der Waals surface area contributed by atoms with Crippen molar-refractivity contribution in [3.63, 3.8) is 0 Å². The van der Waals surface area contributed by atoms with E-state index in [-0.39, 0.29) is 5.04 Å². The second kappa shape index (κ2) is 7.26. The van der Waals surface area contributed by atoms with Crippen molar-refractivity contribution in [2.24, 2.45) is 0 Å². The number of benzene rings is 2. The summed E-state index contributed by atoms with van der Waals surface area (Å²) >= 11 is 0. The van der Waals surface area contributed by atoms with Gasteiger partial charge in [-0.15, -0.1) is 6.58 Å². The van der Waals surface area contributed by atoms with E-state index in [4.69, 9.17) is 0 Å². The van der Waals surface area contributed by atoms with E-state index in [1.807, 2.05) is 60.7 Å². The molecule has 122 valence electrons. The third-order valence-corrected chi connectivity index (χ3v) is 9.25. The van der Waals surface area contributed by atoms with E-state index in [2.05, 4.69) is 20.4 Å². The lowest BCUT2D eigenvalue weighted by Crippen LogP contribution is -2.65. The van der Waals surface area contributed by atoms with E-state index in [0.717, 1.165) is 16.8 Å². The summed E-state index contributed by atoms with van der Waals surface area (Å²) in [5, 5.41) is 11.5. The maximum absolute atomic E-state index is 11.9. The van der Waals surface area contributed by atoms with Crippen LogP contribution in [0.1, 0.15) is 26.7 Å². The molecule has 0 aromatic heterocycles. The predicted molar refractivity (Wildman–Crippen MR) is 99.6 cm³/mol. The van der Waals surface area contributed by atoms with Gasteiger partial charge in [-0.3, -0.25) is 0 Å². The molecule has 0 unspecified atom stereocenters. The number of hydrogen-bond acceptors (Lipinski definition) is 2. The molecule has 0 radical (unpaired) electrons. The Morgan fingerprint density at radius 2 is 1.43 bits per heavy atom. The minimum atomic E-state index is -2.95. The SMILES string of the molecule is C=C[C@@H](O)CCC(C)(C)[Si](O)(c1ccccc1)c1ccccc1. The van der Waals surface area contributed by atoms with Gasteiger partial charge < -0.3 is 9.90 Å². The van der Waals surface area contributed by atoms with Gasteiger partial charge in [-0.05, 0) is 28.3 Å². The van der Waals surface area contributed by atoms with Crippen LogP contribution in [0.3, 0.4) is 0 Å². The van der Waals surface area contributed by atoms with Crippen LogP contribution in [-0.4, -0.2) is 24.3 Å². The van der Waals surface area contributed by atoms with Gasteiger partial charge in [-0.25, -0.2) is 0 Å². The molecule has 2 aromatic carbocycles. The summed E-state index contributed by atoms with van der Waals surface area (Å²) in [4.78, 5) is 11.9. The van der Waals surface area contributed by atoms with Crippen LogP contribution < -0.4 is 10.4 Å². The molecule has 0 aliphatic carbocycles. The van der Waals surface area contributed by atoms with E-state index >= 15 is 0 Å². The minimum Gasteiger partial charge on any atom is -0.424 e. The molecule has 0 fully saturated rings. The highest BCUT2D eigenvalue weighted by Crippen LogP contribution is 2.40. The standard InChI is InChI=1S/C20H26O2Si/c1-4-17(21)15-16-20(2,3)23(22,18-11-7-5-8-12-18)19-13-9-6-10-14-19/h4-14,17,21-22H,1,15-16H2,2-3H3/t17-/m1/s1. The second-order valence-electron chi connectivity index (χ2n) is 6.67. The number of aliphatic hydroxyl groups is 1. The Hall–Kier alpha value is -1.68.